The minimum Gasteiger partial charge on any atom is -0.389 e. The summed E-state index contributed by atoms with van der Waals surface area (Å²) in [5.74, 6) is 0.103. The number of nitrogens with zero attached hydrogens (tertiary/aromatic N) is 1. The molecule has 2 rings (SSSR count). The molecule has 1 fully saturated rings. The van der Waals surface area contributed by atoms with Crippen molar-refractivity contribution in [3.63, 3.8) is 0 Å². The average Bonchev–Trinajstić information content (AvgIpc) is 2.30. The predicted octanol–water partition coefficient (Wildman–Crippen LogP) is 1.60. The molecule has 0 unspecified atom stereocenters. The van der Waals surface area contributed by atoms with Crippen molar-refractivity contribution in [2.45, 2.75) is 31.8 Å². The summed E-state index contributed by atoms with van der Waals surface area (Å²) < 4.78 is 0. The monoisotopic (exact) mass is 233 g/mol. The van der Waals surface area contributed by atoms with Crippen LogP contribution in [-0.2, 0) is 11.2 Å². The molecule has 1 amide bonds. The highest BCUT2D eigenvalue weighted by atomic mass is 16.3. The van der Waals surface area contributed by atoms with Gasteiger partial charge in [0.25, 0.3) is 0 Å². The number of aliphatic hydroxyl groups is 1. The SMILES string of the molecule is CC(=O)N1CCC(O)(Cc2ccccc2)CC1. The maximum atomic E-state index is 11.2. The molecule has 0 atom stereocenters. The molecule has 0 aromatic heterocycles. The fourth-order valence-corrected chi connectivity index (χ4v) is 2.39. The van der Waals surface area contributed by atoms with Crippen molar-refractivity contribution in [1.29, 1.82) is 0 Å². The number of carbonyl (C=O) groups excluding carboxylic acids is 1. The number of hydrogen-bond donors (Lipinski definition) is 1. The lowest BCUT2D eigenvalue weighted by molar-refractivity contribution is -0.133. The van der Waals surface area contributed by atoms with Crippen molar-refractivity contribution in [1.82, 2.24) is 4.90 Å². The van der Waals surface area contributed by atoms with Crippen molar-refractivity contribution in [3.05, 3.63) is 35.9 Å². The van der Waals surface area contributed by atoms with Gasteiger partial charge < -0.3 is 10.0 Å². The van der Waals surface area contributed by atoms with Gasteiger partial charge in [0.2, 0.25) is 5.91 Å². The summed E-state index contributed by atoms with van der Waals surface area (Å²) in [5, 5.41) is 10.5. The Kier molecular flexibility index (Phi) is 3.48. The van der Waals surface area contributed by atoms with Crippen LogP contribution in [0, 0.1) is 0 Å². The Morgan fingerprint density at radius 1 is 1.29 bits per heavy atom. The van der Waals surface area contributed by atoms with E-state index < -0.39 is 5.60 Å². The first kappa shape index (κ1) is 12.1. The van der Waals surface area contributed by atoms with E-state index in [0.29, 0.717) is 32.4 Å². The van der Waals surface area contributed by atoms with Gasteiger partial charge in [-0.25, -0.2) is 0 Å². The van der Waals surface area contributed by atoms with E-state index in [0.717, 1.165) is 5.56 Å². The van der Waals surface area contributed by atoms with E-state index in [1.807, 2.05) is 30.3 Å². The molecule has 1 aromatic rings. The summed E-state index contributed by atoms with van der Waals surface area (Å²) >= 11 is 0. The number of hydrogen-bond acceptors (Lipinski definition) is 2. The molecule has 17 heavy (non-hydrogen) atoms. The van der Waals surface area contributed by atoms with Crippen LogP contribution in [0.2, 0.25) is 0 Å². The van der Waals surface area contributed by atoms with E-state index in [2.05, 4.69) is 0 Å². The number of piperidine rings is 1. The maximum absolute atomic E-state index is 11.2. The summed E-state index contributed by atoms with van der Waals surface area (Å²) in [6.07, 6.45) is 2.02. The molecule has 0 radical (unpaired) electrons. The Morgan fingerprint density at radius 3 is 2.41 bits per heavy atom. The fraction of sp³-hybridized carbons (Fsp3) is 0.500. The van der Waals surface area contributed by atoms with E-state index in [4.69, 9.17) is 0 Å². The van der Waals surface area contributed by atoms with Gasteiger partial charge in [-0.2, -0.15) is 0 Å². The third-order valence-corrected chi connectivity index (χ3v) is 3.52. The summed E-state index contributed by atoms with van der Waals surface area (Å²) in [4.78, 5) is 13.0. The molecular weight excluding hydrogens is 214 g/mol. The Morgan fingerprint density at radius 2 is 1.88 bits per heavy atom. The van der Waals surface area contributed by atoms with Gasteiger partial charge in [-0.1, -0.05) is 30.3 Å². The van der Waals surface area contributed by atoms with E-state index in [1.165, 1.54) is 0 Å². The Hall–Kier alpha value is -1.35. The summed E-state index contributed by atoms with van der Waals surface area (Å²) in [5.41, 5.74) is 0.513. The molecule has 3 heteroatoms. The zero-order valence-electron chi connectivity index (χ0n) is 10.2. The topological polar surface area (TPSA) is 40.5 Å². The van der Waals surface area contributed by atoms with Crippen LogP contribution in [0.1, 0.15) is 25.3 Å². The van der Waals surface area contributed by atoms with Crippen LogP contribution >= 0.6 is 0 Å². The fourth-order valence-electron chi connectivity index (χ4n) is 2.39. The number of amides is 1. The van der Waals surface area contributed by atoms with Gasteiger partial charge in [-0.05, 0) is 18.4 Å². The van der Waals surface area contributed by atoms with Crippen LogP contribution in [0.4, 0.5) is 0 Å². The first-order valence-corrected chi connectivity index (χ1v) is 6.11. The van der Waals surface area contributed by atoms with Crippen LogP contribution in [-0.4, -0.2) is 34.6 Å². The van der Waals surface area contributed by atoms with E-state index >= 15 is 0 Å². The quantitative estimate of drug-likeness (QED) is 0.843. The van der Waals surface area contributed by atoms with Gasteiger partial charge in [0, 0.05) is 26.4 Å². The van der Waals surface area contributed by atoms with Crippen LogP contribution in [0.15, 0.2) is 30.3 Å². The first-order chi connectivity index (χ1) is 8.09. The van der Waals surface area contributed by atoms with Crippen LogP contribution in [0.5, 0.6) is 0 Å². The highest BCUT2D eigenvalue weighted by Gasteiger charge is 2.32. The highest BCUT2D eigenvalue weighted by Crippen LogP contribution is 2.26. The van der Waals surface area contributed by atoms with E-state index in [1.54, 1.807) is 11.8 Å². The third kappa shape index (κ3) is 3.07. The normalized spacial score (nSPS) is 19.1. The maximum Gasteiger partial charge on any atom is 0.219 e. The molecule has 1 aliphatic heterocycles. The van der Waals surface area contributed by atoms with Crippen molar-refractivity contribution in [2.75, 3.05) is 13.1 Å². The lowest BCUT2D eigenvalue weighted by atomic mass is 9.85. The molecule has 92 valence electrons. The van der Waals surface area contributed by atoms with E-state index in [9.17, 15) is 9.90 Å². The summed E-state index contributed by atoms with van der Waals surface area (Å²) in [6.45, 7) is 2.92. The molecule has 3 nitrogen and oxygen atoms in total. The molecule has 0 spiro atoms. The van der Waals surface area contributed by atoms with Crippen LogP contribution in [0.25, 0.3) is 0 Å². The highest BCUT2D eigenvalue weighted by molar-refractivity contribution is 5.73. The minimum absolute atomic E-state index is 0.103. The van der Waals surface area contributed by atoms with Crippen molar-refractivity contribution >= 4 is 5.91 Å². The zero-order valence-corrected chi connectivity index (χ0v) is 10.2. The zero-order chi connectivity index (χ0) is 12.3. The third-order valence-electron chi connectivity index (χ3n) is 3.52. The first-order valence-electron chi connectivity index (χ1n) is 6.11. The molecule has 1 aromatic carbocycles. The van der Waals surface area contributed by atoms with Crippen molar-refractivity contribution < 1.29 is 9.90 Å². The van der Waals surface area contributed by atoms with Crippen molar-refractivity contribution in [3.8, 4) is 0 Å². The van der Waals surface area contributed by atoms with Crippen LogP contribution < -0.4 is 0 Å². The molecule has 1 N–H and O–H groups in total. The standard InChI is InChI=1S/C14H19NO2/c1-12(16)15-9-7-14(17,8-10-15)11-13-5-3-2-4-6-13/h2-6,17H,7-11H2,1H3. The van der Waals surface area contributed by atoms with Crippen LogP contribution in [0.3, 0.4) is 0 Å². The lowest BCUT2D eigenvalue weighted by Crippen LogP contribution is -2.47. The second kappa shape index (κ2) is 4.88. The largest absolute Gasteiger partial charge is 0.389 e. The number of benzene rings is 1. The number of carbonyl (C=O) groups is 1. The van der Waals surface area contributed by atoms with Gasteiger partial charge in [0.15, 0.2) is 0 Å². The molecule has 0 saturated carbocycles. The van der Waals surface area contributed by atoms with Gasteiger partial charge in [-0.15, -0.1) is 0 Å². The Balaban J connectivity index is 1.96. The molecule has 1 heterocycles. The molecule has 0 bridgehead atoms. The Labute approximate surface area is 102 Å². The smallest absolute Gasteiger partial charge is 0.219 e. The average molecular weight is 233 g/mol. The minimum atomic E-state index is -0.646. The molecular formula is C14H19NO2. The Bertz CT molecular complexity index is 380. The second-order valence-electron chi connectivity index (χ2n) is 4.89. The van der Waals surface area contributed by atoms with E-state index in [-0.39, 0.29) is 5.91 Å². The number of rotatable bonds is 2. The summed E-state index contributed by atoms with van der Waals surface area (Å²) in [6, 6.07) is 10.0. The van der Waals surface area contributed by atoms with Gasteiger partial charge in [0.05, 0.1) is 5.60 Å². The molecule has 1 aliphatic rings. The van der Waals surface area contributed by atoms with Crippen molar-refractivity contribution in [2.24, 2.45) is 0 Å². The van der Waals surface area contributed by atoms with Gasteiger partial charge in [-0.3, -0.25) is 4.79 Å². The van der Waals surface area contributed by atoms with Gasteiger partial charge >= 0.3 is 0 Å². The van der Waals surface area contributed by atoms with Gasteiger partial charge in [0.1, 0.15) is 0 Å². The summed E-state index contributed by atoms with van der Waals surface area (Å²) in [7, 11) is 0. The predicted molar refractivity (Wildman–Crippen MR) is 66.6 cm³/mol. The second-order valence-corrected chi connectivity index (χ2v) is 4.89. The molecule has 1 saturated heterocycles. The number of likely N-dealkylation sites (tertiary alicyclic amines) is 1. The lowest BCUT2D eigenvalue weighted by Gasteiger charge is -2.38. The molecule has 0 aliphatic carbocycles.